The fourth-order valence-corrected chi connectivity index (χ4v) is 2.78. The lowest BCUT2D eigenvalue weighted by molar-refractivity contribution is -0.114. The van der Waals surface area contributed by atoms with Gasteiger partial charge in [-0.3, -0.25) is 14.6 Å². The molecule has 1 heterocycles. The van der Waals surface area contributed by atoms with Crippen LogP contribution in [0, 0.1) is 0 Å². The van der Waals surface area contributed by atoms with Crippen molar-refractivity contribution in [3.63, 3.8) is 0 Å². The minimum absolute atomic E-state index is 0.0963. The standard InChI is InChI=1S/C22H22N4O2/c1-16(27)24-19-8-10-20(11-9-19)25-21-12-18(13-23-14-21)22(28)26(2)15-17-6-4-3-5-7-17/h3-14,25H,15H2,1-2H3,(H,24,27). The van der Waals surface area contributed by atoms with E-state index in [2.05, 4.69) is 15.6 Å². The van der Waals surface area contributed by atoms with E-state index in [0.29, 0.717) is 17.8 Å². The molecular weight excluding hydrogens is 352 g/mol. The highest BCUT2D eigenvalue weighted by molar-refractivity contribution is 5.94. The summed E-state index contributed by atoms with van der Waals surface area (Å²) < 4.78 is 0. The molecule has 28 heavy (non-hydrogen) atoms. The Morgan fingerprint density at radius 3 is 2.29 bits per heavy atom. The maximum Gasteiger partial charge on any atom is 0.255 e. The average molecular weight is 374 g/mol. The molecule has 0 aliphatic rings. The van der Waals surface area contributed by atoms with Gasteiger partial charge in [0.1, 0.15) is 0 Å². The third-order valence-electron chi connectivity index (χ3n) is 4.09. The predicted octanol–water partition coefficient (Wildman–Crippen LogP) is 4.06. The SMILES string of the molecule is CC(=O)Nc1ccc(Nc2cncc(C(=O)N(C)Cc3ccccc3)c2)cc1. The van der Waals surface area contributed by atoms with Crippen LogP contribution in [0.4, 0.5) is 17.1 Å². The van der Waals surface area contributed by atoms with Crippen LogP contribution in [0.5, 0.6) is 0 Å². The summed E-state index contributed by atoms with van der Waals surface area (Å²) in [6.07, 6.45) is 3.23. The van der Waals surface area contributed by atoms with Gasteiger partial charge < -0.3 is 15.5 Å². The fourth-order valence-electron chi connectivity index (χ4n) is 2.78. The maximum absolute atomic E-state index is 12.7. The zero-order valence-corrected chi connectivity index (χ0v) is 15.8. The molecule has 0 atom stereocenters. The maximum atomic E-state index is 12.7. The Morgan fingerprint density at radius 2 is 1.61 bits per heavy atom. The summed E-state index contributed by atoms with van der Waals surface area (Å²) in [7, 11) is 1.77. The summed E-state index contributed by atoms with van der Waals surface area (Å²) in [5.74, 6) is -0.211. The zero-order valence-electron chi connectivity index (χ0n) is 15.8. The zero-order chi connectivity index (χ0) is 19.9. The van der Waals surface area contributed by atoms with Crippen LogP contribution in [-0.2, 0) is 11.3 Å². The first-order valence-electron chi connectivity index (χ1n) is 8.90. The monoisotopic (exact) mass is 374 g/mol. The summed E-state index contributed by atoms with van der Waals surface area (Å²) in [4.78, 5) is 29.7. The molecule has 142 valence electrons. The molecule has 6 heteroatoms. The van der Waals surface area contributed by atoms with Gasteiger partial charge in [0.25, 0.3) is 5.91 Å². The molecule has 0 aliphatic carbocycles. The van der Waals surface area contributed by atoms with Gasteiger partial charge >= 0.3 is 0 Å². The second-order valence-corrected chi connectivity index (χ2v) is 6.49. The molecular formula is C22H22N4O2. The minimum Gasteiger partial charge on any atom is -0.354 e. The largest absolute Gasteiger partial charge is 0.354 e. The Labute approximate surface area is 164 Å². The van der Waals surface area contributed by atoms with Crippen LogP contribution in [0.1, 0.15) is 22.8 Å². The summed E-state index contributed by atoms with van der Waals surface area (Å²) >= 11 is 0. The van der Waals surface area contributed by atoms with Crippen LogP contribution in [-0.4, -0.2) is 28.7 Å². The molecule has 2 N–H and O–H groups in total. The van der Waals surface area contributed by atoms with E-state index in [1.807, 2.05) is 42.5 Å². The van der Waals surface area contributed by atoms with E-state index < -0.39 is 0 Å². The number of rotatable bonds is 6. The summed E-state index contributed by atoms with van der Waals surface area (Å²) in [6, 6.07) is 18.9. The van der Waals surface area contributed by atoms with E-state index in [-0.39, 0.29) is 11.8 Å². The van der Waals surface area contributed by atoms with Crippen molar-refractivity contribution >= 4 is 28.9 Å². The van der Waals surface area contributed by atoms with Crippen LogP contribution in [0.2, 0.25) is 0 Å². The molecule has 0 saturated carbocycles. The van der Waals surface area contributed by atoms with Crippen molar-refractivity contribution in [3.8, 4) is 0 Å². The first-order valence-corrected chi connectivity index (χ1v) is 8.90. The van der Waals surface area contributed by atoms with E-state index in [0.717, 1.165) is 16.9 Å². The van der Waals surface area contributed by atoms with E-state index in [1.54, 1.807) is 42.5 Å². The molecule has 0 spiro atoms. The summed E-state index contributed by atoms with van der Waals surface area (Å²) in [5.41, 5.74) is 3.85. The van der Waals surface area contributed by atoms with Crippen molar-refractivity contribution in [1.82, 2.24) is 9.88 Å². The molecule has 6 nitrogen and oxygen atoms in total. The molecule has 0 saturated heterocycles. The number of carbonyl (C=O) groups is 2. The van der Waals surface area contributed by atoms with Crippen molar-refractivity contribution in [3.05, 3.63) is 84.2 Å². The number of amides is 2. The number of nitrogens with one attached hydrogen (secondary N) is 2. The van der Waals surface area contributed by atoms with Crippen LogP contribution in [0.3, 0.4) is 0 Å². The van der Waals surface area contributed by atoms with Crippen molar-refractivity contribution < 1.29 is 9.59 Å². The third-order valence-corrected chi connectivity index (χ3v) is 4.09. The first kappa shape index (κ1) is 19.1. The quantitative estimate of drug-likeness (QED) is 0.682. The lowest BCUT2D eigenvalue weighted by Crippen LogP contribution is -2.26. The highest BCUT2D eigenvalue weighted by Crippen LogP contribution is 2.20. The highest BCUT2D eigenvalue weighted by atomic mass is 16.2. The van der Waals surface area contributed by atoms with E-state index in [9.17, 15) is 9.59 Å². The predicted molar refractivity (Wildman–Crippen MR) is 111 cm³/mol. The molecule has 2 amide bonds. The topological polar surface area (TPSA) is 74.3 Å². The normalized spacial score (nSPS) is 10.2. The van der Waals surface area contributed by atoms with Gasteiger partial charge in [-0.15, -0.1) is 0 Å². The number of carbonyl (C=O) groups excluding carboxylic acids is 2. The number of nitrogens with zero attached hydrogens (tertiary/aromatic N) is 2. The van der Waals surface area contributed by atoms with Crippen molar-refractivity contribution in [1.29, 1.82) is 0 Å². The first-order chi connectivity index (χ1) is 13.5. The Kier molecular flexibility index (Phi) is 6.01. The third kappa shape index (κ3) is 5.17. The summed E-state index contributed by atoms with van der Waals surface area (Å²) in [5, 5.41) is 5.95. The number of anilines is 3. The lowest BCUT2D eigenvalue weighted by Gasteiger charge is -2.17. The van der Waals surface area contributed by atoms with Gasteiger partial charge in [-0.05, 0) is 35.9 Å². The van der Waals surface area contributed by atoms with Gasteiger partial charge in [-0.1, -0.05) is 30.3 Å². The summed E-state index contributed by atoms with van der Waals surface area (Å²) in [6.45, 7) is 2.00. The van der Waals surface area contributed by atoms with Crippen molar-refractivity contribution in [2.24, 2.45) is 0 Å². The molecule has 0 bridgehead atoms. The van der Waals surface area contributed by atoms with E-state index in [1.165, 1.54) is 6.92 Å². The Hall–Kier alpha value is -3.67. The van der Waals surface area contributed by atoms with Gasteiger partial charge in [0.2, 0.25) is 5.91 Å². The van der Waals surface area contributed by atoms with Crippen molar-refractivity contribution in [2.45, 2.75) is 13.5 Å². The molecule has 3 rings (SSSR count). The van der Waals surface area contributed by atoms with Gasteiger partial charge in [0.15, 0.2) is 0 Å². The molecule has 1 aromatic heterocycles. The molecule has 0 unspecified atom stereocenters. The Bertz CT molecular complexity index is 956. The van der Waals surface area contributed by atoms with E-state index in [4.69, 9.17) is 0 Å². The Balaban J connectivity index is 1.67. The van der Waals surface area contributed by atoms with Crippen LogP contribution >= 0.6 is 0 Å². The Morgan fingerprint density at radius 1 is 0.929 bits per heavy atom. The van der Waals surface area contributed by atoms with Crippen LogP contribution < -0.4 is 10.6 Å². The molecule has 3 aromatic rings. The van der Waals surface area contributed by atoms with Crippen LogP contribution in [0.25, 0.3) is 0 Å². The number of benzene rings is 2. The average Bonchev–Trinajstić information content (AvgIpc) is 2.69. The van der Waals surface area contributed by atoms with Gasteiger partial charge in [0, 0.05) is 38.1 Å². The lowest BCUT2D eigenvalue weighted by atomic mass is 10.2. The number of aromatic nitrogens is 1. The van der Waals surface area contributed by atoms with Crippen LogP contribution in [0.15, 0.2) is 73.1 Å². The number of pyridine rings is 1. The second-order valence-electron chi connectivity index (χ2n) is 6.49. The van der Waals surface area contributed by atoms with E-state index >= 15 is 0 Å². The second kappa shape index (κ2) is 8.81. The van der Waals surface area contributed by atoms with Gasteiger partial charge in [-0.2, -0.15) is 0 Å². The molecule has 2 aromatic carbocycles. The molecule has 0 radical (unpaired) electrons. The van der Waals surface area contributed by atoms with Gasteiger partial charge in [-0.25, -0.2) is 0 Å². The smallest absolute Gasteiger partial charge is 0.255 e. The van der Waals surface area contributed by atoms with Crippen molar-refractivity contribution in [2.75, 3.05) is 17.7 Å². The number of hydrogen-bond donors (Lipinski definition) is 2. The molecule has 0 aliphatic heterocycles. The minimum atomic E-state index is -0.115. The molecule has 0 fully saturated rings. The van der Waals surface area contributed by atoms with Gasteiger partial charge in [0.05, 0.1) is 17.4 Å². The fraction of sp³-hybridized carbons (Fsp3) is 0.136. The highest BCUT2D eigenvalue weighted by Gasteiger charge is 2.13. The number of hydrogen-bond acceptors (Lipinski definition) is 4.